The second kappa shape index (κ2) is 6.69. The van der Waals surface area contributed by atoms with Gasteiger partial charge in [0.25, 0.3) is 5.91 Å². The Balaban J connectivity index is 2.26. The molecule has 1 amide bonds. The van der Waals surface area contributed by atoms with E-state index in [9.17, 15) is 9.18 Å². The Morgan fingerprint density at radius 3 is 2.81 bits per heavy atom. The molecule has 2 rings (SSSR count). The van der Waals surface area contributed by atoms with E-state index in [0.29, 0.717) is 16.8 Å². The maximum Gasteiger partial charge on any atom is 0.255 e. The van der Waals surface area contributed by atoms with Crippen LogP contribution in [0.25, 0.3) is 0 Å². The molecule has 0 aliphatic heterocycles. The van der Waals surface area contributed by atoms with Gasteiger partial charge >= 0.3 is 0 Å². The zero-order chi connectivity index (χ0) is 15.2. The third-order valence-corrected chi connectivity index (χ3v) is 2.88. The summed E-state index contributed by atoms with van der Waals surface area (Å²) in [5.74, 6) is 4.54. The van der Waals surface area contributed by atoms with Gasteiger partial charge in [-0.25, -0.2) is 4.39 Å². The number of aliphatic hydroxyl groups is 1. The average Bonchev–Trinajstić information content (AvgIpc) is 2.46. The van der Waals surface area contributed by atoms with Gasteiger partial charge in [-0.05, 0) is 42.8 Å². The van der Waals surface area contributed by atoms with Crippen LogP contribution in [0.3, 0.4) is 0 Å². The summed E-state index contributed by atoms with van der Waals surface area (Å²) in [4.78, 5) is 12.2. The second-order valence-electron chi connectivity index (χ2n) is 4.45. The van der Waals surface area contributed by atoms with Gasteiger partial charge in [0.15, 0.2) is 0 Å². The highest BCUT2D eigenvalue weighted by Gasteiger charge is 2.10. The molecule has 0 fully saturated rings. The number of rotatable bonds is 2. The lowest BCUT2D eigenvalue weighted by Gasteiger charge is -2.08. The van der Waals surface area contributed by atoms with Gasteiger partial charge in [0.1, 0.15) is 12.4 Å². The number of carbonyl (C=O) groups excluding carboxylic acids is 1. The van der Waals surface area contributed by atoms with E-state index < -0.39 is 5.82 Å². The van der Waals surface area contributed by atoms with Crippen LogP contribution >= 0.6 is 0 Å². The van der Waals surface area contributed by atoms with Crippen molar-refractivity contribution in [2.45, 2.75) is 6.92 Å². The molecule has 0 unspecified atom stereocenters. The number of amides is 1. The fourth-order valence-electron chi connectivity index (χ4n) is 1.85. The summed E-state index contributed by atoms with van der Waals surface area (Å²) >= 11 is 0. The third-order valence-electron chi connectivity index (χ3n) is 2.88. The van der Waals surface area contributed by atoms with E-state index in [1.165, 1.54) is 18.2 Å². The van der Waals surface area contributed by atoms with E-state index in [1.807, 2.05) is 6.92 Å². The lowest BCUT2D eigenvalue weighted by Crippen LogP contribution is -2.13. The Labute approximate surface area is 122 Å². The zero-order valence-corrected chi connectivity index (χ0v) is 11.5. The van der Waals surface area contributed by atoms with Crippen LogP contribution in [-0.2, 0) is 0 Å². The van der Waals surface area contributed by atoms with Crippen molar-refractivity contribution in [3.05, 3.63) is 65.0 Å². The van der Waals surface area contributed by atoms with E-state index in [-0.39, 0.29) is 12.5 Å². The summed E-state index contributed by atoms with van der Waals surface area (Å²) in [7, 11) is 0. The fourth-order valence-corrected chi connectivity index (χ4v) is 1.85. The number of anilines is 1. The Bertz CT molecular complexity index is 729. The first-order valence-electron chi connectivity index (χ1n) is 6.37. The van der Waals surface area contributed by atoms with Gasteiger partial charge in [-0.2, -0.15) is 0 Å². The van der Waals surface area contributed by atoms with E-state index in [4.69, 9.17) is 5.11 Å². The molecule has 2 aromatic carbocycles. The minimum absolute atomic E-state index is 0.237. The third kappa shape index (κ3) is 3.91. The number of carbonyl (C=O) groups is 1. The molecular formula is C17H14FNO2. The molecular weight excluding hydrogens is 269 g/mol. The molecule has 0 atom stereocenters. The van der Waals surface area contributed by atoms with Crippen molar-refractivity contribution in [2.24, 2.45) is 0 Å². The number of aliphatic hydroxyl groups excluding tert-OH is 1. The van der Waals surface area contributed by atoms with Crippen molar-refractivity contribution in [3.63, 3.8) is 0 Å². The molecule has 0 saturated carbocycles. The number of halogens is 1. The molecule has 0 bridgehead atoms. The largest absolute Gasteiger partial charge is 0.384 e. The van der Waals surface area contributed by atoms with Crippen molar-refractivity contribution in [1.82, 2.24) is 0 Å². The lowest BCUT2D eigenvalue weighted by molar-refractivity contribution is 0.102. The Kier molecular flexibility index (Phi) is 4.70. The van der Waals surface area contributed by atoms with E-state index in [1.54, 1.807) is 24.3 Å². The van der Waals surface area contributed by atoms with Gasteiger partial charge in [0.05, 0.1) is 0 Å². The molecule has 0 heterocycles. The second-order valence-corrected chi connectivity index (χ2v) is 4.45. The first kappa shape index (κ1) is 14.8. The highest BCUT2D eigenvalue weighted by Crippen LogP contribution is 2.15. The summed E-state index contributed by atoms with van der Waals surface area (Å²) in [6.07, 6.45) is 0. The van der Waals surface area contributed by atoms with E-state index in [2.05, 4.69) is 17.2 Å². The molecule has 2 N–H and O–H groups in total. The van der Waals surface area contributed by atoms with Gasteiger partial charge in [-0.1, -0.05) is 24.0 Å². The maximum absolute atomic E-state index is 13.1. The minimum atomic E-state index is -0.410. The molecule has 0 aliphatic carbocycles. The average molecular weight is 283 g/mol. The lowest BCUT2D eigenvalue weighted by atomic mass is 10.0. The van der Waals surface area contributed by atoms with Crippen LogP contribution in [0, 0.1) is 24.6 Å². The summed E-state index contributed by atoms with van der Waals surface area (Å²) in [6, 6.07) is 10.9. The van der Waals surface area contributed by atoms with Crippen molar-refractivity contribution in [3.8, 4) is 11.8 Å². The summed E-state index contributed by atoms with van der Waals surface area (Å²) in [6.45, 7) is 1.57. The van der Waals surface area contributed by atoms with Crippen LogP contribution < -0.4 is 5.32 Å². The minimum Gasteiger partial charge on any atom is -0.384 e. The van der Waals surface area contributed by atoms with Crippen LogP contribution in [0.4, 0.5) is 10.1 Å². The Morgan fingerprint density at radius 2 is 2.10 bits per heavy atom. The topological polar surface area (TPSA) is 49.3 Å². The molecule has 21 heavy (non-hydrogen) atoms. The van der Waals surface area contributed by atoms with Crippen LogP contribution in [0.5, 0.6) is 0 Å². The van der Waals surface area contributed by atoms with Gasteiger partial charge in [0.2, 0.25) is 0 Å². The SMILES string of the molecule is Cc1ccc(C#CCO)cc1C(=O)Nc1cccc(F)c1. The quantitative estimate of drug-likeness (QED) is 0.833. The number of hydrogen-bond donors (Lipinski definition) is 2. The van der Waals surface area contributed by atoms with E-state index in [0.717, 1.165) is 5.56 Å². The molecule has 0 saturated heterocycles. The van der Waals surface area contributed by atoms with Crippen molar-refractivity contribution in [1.29, 1.82) is 0 Å². The molecule has 0 spiro atoms. The number of aryl methyl sites for hydroxylation is 1. The Morgan fingerprint density at radius 1 is 1.29 bits per heavy atom. The molecule has 106 valence electrons. The van der Waals surface area contributed by atoms with Gasteiger partial charge in [-0.3, -0.25) is 4.79 Å². The van der Waals surface area contributed by atoms with Gasteiger partial charge < -0.3 is 10.4 Å². The molecule has 3 nitrogen and oxygen atoms in total. The number of nitrogens with one attached hydrogen (secondary N) is 1. The van der Waals surface area contributed by atoms with Crippen molar-refractivity contribution in [2.75, 3.05) is 11.9 Å². The zero-order valence-electron chi connectivity index (χ0n) is 11.5. The highest BCUT2D eigenvalue weighted by atomic mass is 19.1. The molecule has 0 aliphatic rings. The fraction of sp³-hybridized carbons (Fsp3) is 0.118. The van der Waals surface area contributed by atoms with Gasteiger partial charge in [0, 0.05) is 16.8 Å². The summed E-state index contributed by atoms with van der Waals surface area (Å²) in [5.41, 5.74) is 2.28. The molecule has 0 radical (unpaired) electrons. The van der Waals surface area contributed by atoms with Crippen LogP contribution in [0.1, 0.15) is 21.5 Å². The first-order chi connectivity index (χ1) is 10.1. The predicted octanol–water partition coefficient (Wildman–Crippen LogP) is 2.73. The van der Waals surface area contributed by atoms with Crippen molar-refractivity contribution >= 4 is 11.6 Å². The molecule has 4 heteroatoms. The number of benzene rings is 2. The molecule has 2 aromatic rings. The monoisotopic (exact) mass is 283 g/mol. The predicted molar refractivity (Wildman–Crippen MR) is 79.5 cm³/mol. The van der Waals surface area contributed by atoms with Crippen molar-refractivity contribution < 1.29 is 14.3 Å². The standard InChI is InChI=1S/C17H14FNO2/c1-12-7-8-13(4-3-9-20)10-16(12)17(21)19-15-6-2-5-14(18)11-15/h2,5-8,10-11,20H,9H2,1H3,(H,19,21). The maximum atomic E-state index is 13.1. The first-order valence-corrected chi connectivity index (χ1v) is 6.37. The normalized spacial score (nSPS) is 9.67. The van der Waals surface area contributed by atoms with Crippen LogP contribution in [0.2, 0.25) is 0 Å². The Hall–Kier alpha value is -2.64. The van der Waals surface area contributed by atoms with Crippen LogP contribution in [-0.4, -0.2) is 17.6 Å². The summed E-state index contributed by atoms with van der Waals surface area (Å²) < 4.78 is 13.1. The smallest absolute Gasteiger partial charge is 0.255 e. The van der Waals surface area contributed by atoms with E-state index >= 15 is 0 Å². The highest BCUT2D eigenvalue weighted by molar-refractivity contribution is 6.05. The van der Waals surface area contributed by atoms with Gasteiger partial charge in [-0.15, -0.1) is 0 Å². The van der Waals surface area contributed by atoms with Crippen LogP contribution in [0.15, 0.2) is 42.5 Å². The molecule has 0 aromatic heterocycles. The summed E-state index contributed by atoms with van der Waals surface area (Å²) in [5, 5.41) is 11.3. The number of hydrogen-bond acceptors (Lipinski definition) is 2.